The van der Waals surface area contributed by atoms with E-state index in [0.29, 0.717) is 6.04 Å². The van der Waals surface area contributed by atoms with E-state index in [-0.39, 0.29) is 12.4 Å². The maximum absolute atomic E-state index is 3.38. The molecule has 0 aliphatic heterocycles. The van der Waals surface area contributed by atoms with Gasteiger partial charge in [0.1, 0.15) is 0 Å². The van der Waals surface area contributed by atoms with Crippen molar-refractivity contribution < 1.29 is 0 Å². The van der Waals surface area contributed by atoms with Crippen molar-refractivity contribution in [2.24, 2.45) is 0 Å². The van der Waals surface area contributed by atoms with Crippen molar-refractivity contribution in [3.8, 4) is 0 Å². The van der Waals surface area contributed by atoms with Crippen LogP contribution in [0.15, 0.2) is 5.38 Å². The summed E-state index contributed by atoms with van der Waals surface area (Å²) in [6, 6.07) is 0.715. The van der Waals surface area contributed by atoms with Crippen molar-refractivity contribution in [2.75, 3.05) is 7.05 Å². The Morgan fingerprint density at radius 3 is 3.00 bits per heavy atom. The standard InChI is InChI=1S/C11H17NS.ClH/c1-3-11-10-5-4-9(12-2)6-8(10)7-13-11;/h7,9,12H,3-6H2,1-2H3;1H. The highest BCUT2D eigenvalue weighted by Gasteiger charge is 2.20. The summed E-state index contributed by atoms with van der Waals surface area (Å²) in [5, 5.41) is 5.74. The van der Waals surface area contributed by atoms with Crippen LogP contribution in [-0.2, 0) is 19.3 Å². The Bertz CT molecular complexity index is 295. The van der Waals surface area contributed by atoms with Crippen molar-refractivity contribution >= 4 is 23.7 Å². The number of hydrogen-bond donors (Lipinski definition) is 1. The van der Waals surface area contributed by atoms with Gasteiger partial charge in [-0.3, -0.25) is 0 Å². The van der Waals surface area contributed by atoms with Crippen LogP contribution in [-0.4, -0.2) is 13.1 Å². The molecule has 0 spiro atoms. The molecular weight excluding hydrogens is 214 g/mol. The van der Waals surface area contributed by atoms with Gasteiger partial charge >= 0.3 is 0 Å². The number of likely N-dealkylation sites (N-methyl/N-ethyl adjacent to an activating group) is 1. The van der Waals surface area contributed by atoms with Crippen molar-refractivity contribution in [3.05, 3.63) is 21.4 Å². The average molecular weight is 232 g/mol. The maximum atomic E-state index is 3.38. The molecule has 0 bridgehead atoms. The Labute approximate surface area is 96.3 Å². The van der Waals surface area contributed by atoms with Gasteiger partial charge in [-0.25, -0.2) is 0 Å². The van der Waals surface area contributed by atoms with Gasteiger partial charge in [0, 0.05) is 10.9 Å². The van der Waals surface area contributed by atoms with Crippen LogP contribution in [0.25, 0.3) is 0 Å². The Balaban J connectivity index is 0.000000980. The fourth-order valence-electron chi connectivity index (χ4n) is 2.16. The van der Waals surface area contributed by atoms with Gasteiger partial charge < -0.3 is 5.32 Å². The van der Waals surface area contributed by atoms with Crippen LogP contribution in [0.5, 0.6) is 0 Å². The molecule has 1 heterocycles. The van der Waals surface area contributed by atoms with E-state index in [1.807, 2.05) is 11.3 Å². The van der Waals surface area contributed by atoms with E-state index in [9.17, 15) is 0 Å². The van der Waals surface area contributed by atoms with E-state index in [1.54, 1.807) is 16.0 Å². The Morgan fingerprint density at radius 1 is 1.57 bits per heavy atom. The van der Waals surface area contributed by atoms with E-state index in [2.05, 4.69) is 24.7 Å². The molecule has 1 aromatic rings. The molecule has 14 heavy (non-hydrogen) atoms. The first-order valence-corrected chi connectivity index (χ1v) is 5.98. The minimum Gasteiger partial charge on any atom is -0.317 e. The van der Waals surface area contributed by atoms with Crippen LogP contribution in [0.4, 0.5) is 0 Å². The first kappa shape index (κ1) is 12.0. The fourth-order valence-corrected chi connectivity index (χ4v) is 3.23. The summed E-state index contributed by atoms with van der Waals surface area (Å²) in [7, 11) is 2.07. The molecule has 0 aromatic carbocycles. The number of aryl methyl sites for hydroxylation is 1. The van der Waals surface area contributed by atoms with Gasteiger partial charge in [-0.1, -0.05) is 6.92 Å². The van der Waals surface area contributed by atoms with Crippen LogP contribution in [0.1, 0.15) is 29.3 Å². The molecular formula is C11H18ClNS. The minimum atomic E-state index is 0. The van der Waals surface area contributed by atoms with Gasteiger partial charge in [0.2, 0.25) is 0 Å². The second kappa shape index (κ2) is 5.15. The first-order chi connectivity index (χ1) is 6.35. The van der Waals surface area contributed by atoms with E-state index >= 15 is 0 Å². The molecule has 1 atom stereocenters. The molecule has 2 rings (SSSR count). The summed E-state index contributed by atoms with van der Waals surface area (Å²) in [6.45, 7) is 2.26. The molecule has 1 unspecified atom stereocenters. The number of hydrogen-bond acceptors (Lipinski definition) is 2. The highest BCUT2D eigenvalue weighted by Crippen LogP contribution is 2.30. The quantitative estimate of drug-likeness (QED) is 0.826. The number of halogens is 1. The SMILES string of the molecule is CCc1scc2c1CCC(NC)C2.Cl. The summed E-state index contributed by atoms with van der Waals surface area (Å²) >= 11 is 1.95. The number of fused-ring (bicyclic) bond motifs is 1. The average Bonchev–Trinajstić information content (AvgIpc) is 2.59. The molecule has 0 saturated carbocycles. The lowest BCUT2D eigenvalue weighted by Crippen LogP contribution is -2.31. The minimum absolute atomic E-state index is 0. The Morgan fingerprint density at radius 2 is 2.36 bits per heavy atom. The monoisotopic (exact) mass is 231 g/mol. The van der Waals surface area contributed by atoms with Crippen molar-refractivity contribution in [1.82, 2.24) is 5.32 Å². The molecule has 1 aliphatic carbocycles. The third kappa shape index (κ3) is 2.13. The zero-order valence-electron chi connectivity index (χ0n) is 8.80. The third-order valence-corrected chi connectivity index (χ3v) is 4.23. The van der Waals surface area contributed by atoms with E-state index in [1.165, 1.54) is 25.7 Å². The van der Waals surface area contributed by atoms with Gasteiger partial charge in [-0.05, 0) is 49.2 Å². The largest absolute Gasteiger partial charge is 0.317 e. The van der Waals surface area contributed by atoms with Crippen molar-refractivity contribution in [2.45, 2.75) is 38.6 Å². The smallest absolute Gasteiger partial charge is 0.0108 e. The molecule has 0 amide bonds. The molecule has 1 aromatic heterocycles. The highest BCUT2D eigenvalue weighted by atomic mass is 35.5. The predicted octanol–water partition coefficient (Wildman–Crippen LogP) is 2.81. The second-order valence-electron chi connectivity index (χ2n) is 3.74. The van der Waals surface area contributed by atoms with Crippen LogP contribution in [0.3, 0.4) is 0 Å². The fraction of sp³-hybridized carbons (Fsp3) is 0.636. The normalized spacial score (nSPS) is 20.0. The topological polar surface area (TPSA) is 12.0 Å². The van der Waals surface area contributed by atoms with Gasteiger partial charge in [0.25, 0.3) is 0 Å². The zero-order valence-corrected chi connectivity index (χ0v) is 10.4. The van der Waals surface area contributed by atoms with E-state index in [4.69, 9.17) is 0 Å². The summed E-state index contributed by atoms with van der Waals surface area (Å²) in [5.41, 5.74) is 3.27. The molecule has 1 N–H and O–H groups in total. The van der Waals surface area contributed by atoms with Gasteiger partial charge in [0.05, 0.1) is 0 Å². The summed E-state index contributed by atoms with van der Waals surface area (Å²) in [4.78, 5) is 1.62. The predicted molar refractivity (Wildman–Crippen MR) is 65.8 cm³/mol. The van der Waals surface area contributed by atoms with Crippen LogP contribution >= 0.6 is 23.7 Å². The third-order valence-electron chi connectivity index (χ3n) is 3.01. The van der Waals surface area contributed by atoms with Gasteiger partial charge in [-0.15, -0.1) is 23.7 Å². The highest BCUT2D eigenvalue weighted by molar-refractivity contribution is 7.10. The molecule has 0 fully saturated rings. The van der Waals surface area contributed by atoms with Crippen molar-refractivity contribution in [1.29, 1.82) is 0 Å². The summed E-state index contributed by atoms with van der Waals surface area (Å²) in [6.07, 6.45) is 5.05. The van der Waals surface area contributed by atoms with Crippen LogP contribution in [0.2, 0.25) is 0 Å². The Hall–Kier alpha value is -0.0500. The summed E-state index contributed by atoms with van der Waals surface area (Å²) in [5.74, 6) is 0. The molecule has 80 valence electrons. The maximum Gasteiger partial charge on any atom is 0.0108 e. The lowest BCUT2D eigenvalue weighted by Gasteiger charge is -2.22. The van der Waals surface area contributed by atoms with Crippen LogP contribution < -0.4 is 5.32 Å². The molecule has 3 heteroatoms. The molecule has 0 saturated heterocycles. The first-order valence-electron chi connectivity index (χ1n) is 5.10. The van der Waals surface area contributed by atoms with Gasteiger partial charge in [-0.2, -0.15) is 0 Å². The molecule has 1 nitrogen and oxygen atoms in total. The summed E-state index contributed by atoms with van der Waals surface area (Å²) < 4.78 is 0. The van der Waals surface area contributed by atoms with Gasteiger partial charge in [0.15, 0.2) is 0 Å². The number of thiophene rings is 1. The number of rotatable bonds is 2. The van der Waals surface area contributed by atoms with E-state index < -0.39 is 0 Å². The van der Waals surface area contributed by atoms with Crippen molar-refractivity contribution in [3.63, 3.8) is 0 Å². The zero-order chi connectivity index (χ0) is 9.26. The lowest BCUT2D eigenvalue weighted by molar-refractivity contribution is 0.497. The van der Waals surface area contributed by atoms with E-state index in [0.717, 1.165) is 0 Å². The Kier molecular flexibility index (Phi) is 4.42. The lowest BCUT2D eigenvalue weighted by atomic mass is 9.90. The molecule has 0 radical (unpaired) electrons. The number of nitrogens with one attached hydrogen (secondary N) is 1. The van der Waals surface area contributed by atoms with Crippen LogP contribution in [0, 0.1) is 0 Å². The second-order valence-corrected chi connectivity index (χ2v) is 4.71. The molecule has 1 aliphatic rings.